The molecule has 5 rings (SSSR count). The van der Waals surface area contributed by atoms with E-state index in [9.17, 15) is 9.18 Å². The second-order valence-corrected chi connectivity index (χ2v) is 9.67. The minimum atomic E-state index is -0.293. The fourth-order valence-corrected chi connectivity index (χ4v) is 5.26. The van der Waals surface area contributed by atoms with Gasteiger partial charge >= 0.3 is 0 Å². The average Bonchev–Trinajstić information content (AvgIpc) is 3.25. The third-order valence-corrected chi connectivity index (χ3v) is 7.25. The molecule has 3 aliphatic heterocycles. The molecule has 6 nitrogen and oxygen atoms in total. The molecule has 7 heteroatoms. The normalized spacial score (nSPS) is 22.2. The monoisotopic (exact) mass is 461 g/mol. The minimum absolute atomic E-state index is 0.0485. The predicted molar refractivity (Wildman–Crippen MR) is 132 cm³/mol. The van der Waals surface area contributed by atoms with Crippen molar-refractivity contribution >= 4 is 17.0 Å². The van der Waals surface area contributed by atoms with Crippen molar-refractivity contribution in [2.24, 2.45) is 11.8 Å². The van der Waals surface area contributed by atoms with Crippen LogP contribution in [-0.4, -0.2) is 56.6 Å². The number of allylic oxidation sites excluding steroid dienone is 5. The van der Waals surface area contributed by atoms with Gasteiger partial charge in [-0.15, -0.1) is 0 Å². The molecule has 1 fully saturated rings. The maximum absolute atomic E-state index is 13.5. The van der Waals surface area contributed by atoms with Crippen LogP contribution < -0.4 is 0 Å². The van der Waals surface area contributed by atoms with Crippen LogP contribution >= 0.6 is 0 Å². The summed E-state index contributed by atoms with van der Waals surface area (Å²) in [5, 5.41) is 4.79. The molecule has 0 bridgehead atoms. The Morgan fingerprint density at radius 1 is 1.18 bits per heavy atom. The van der Waals surface area contributed by atoms with E-state index in [0.717, 1.165) is 66.2 Å². The van der Waals surface area contributed by atoms with Crippen LogP contribution in [0.3, 0.4) is 0 Å². The van der Waals surface area contributed by atoms with Crippen LogP contribution in [0.2, 0.25) is 0 Å². The maximum Gasteiger partial charge on any atom is 0.255 e. The second-order valence-electron chi connectivity index (χ2n) is 9.67. The molecular weight excluding hydrogens is 429 g/mol. The van der Waals surface area contributed by atoms with Gasteiger partial charge in [-0.2, -0.15) is 5.10 Å². The SMILES string of the molecule is Cc1cn2nc(C3=CC(=O)N4C=C(C5CCN(CCF)CC5)C=CC4=CCC3C)cc2c(C)n1. The zero-order valence-corrected chi connectivity index (χ0v) is 20.2. The van der Waals surface area contributed by atoms with Gasteiger partial charge in [-0.25, -0.2) is 8.91 Å². The zero-order chi connectivity index (χ0) is 23.8. The summed E-state index contributed by atoms with van der Waals surface area (Å²) in [5.74, 6) is 0.510. The quantitative estimate of drug-likeness (QED) is 0.667. The molecule has 0 saturated carbocycles. The van der Waals surface area contributed by atoms with E-state index in [0.29, 0.717) is 12.5 Å². The van der Waals surface area contributed by atoms with E-state index in [1.54, 1.807) is 11.0 Å². The molecule has 5 heterocycles. The van der Waals surface area contributed by atoms with Crippen LogP contribution in [0, 0.1) is 25.7 Å². The number of carbonyl (C=O) groups is 1. The Bertz CT molecular complexity index is 1230. The summed E-state index contributed by atoms with van der Waals surface area (Å²) in [5.41, 5.74) is 6.68. The molecule has 0 spiro atoms. The van der Waals surface area contributed by atoms with Gasteiger partial charge in [0.25, 0.3) is 5.91 Å². The van der Waals surface area contributed by atoms with Crippen molar-refractivity contribution in [3.05, 3.63) is 71.1 Å². The number of nitrogens with zero attached hydrogens (tertiary/aromatic N) is 5. The van der Waals surface area contributed by atoms with Crippen molar-refractivity contribution < 1.29 is 9.18 Å². The molecule has 1 saturated heterocycles. The van der Waals surface area contributed by atoms with E-state index >= 15 is 0 Å². The van der Waals surface area contributed by atoms with E-state index < -0.39 is 0 Å². The zero-order valence-electron chi connectivity index (χ0n) is 20.2. The first-order chi connectivity index (χ1) is 16.4. The summed E-state index contributed by atoms with van der Waals surface area (Å²) in [4.78, 5) is 22.0. The minimum Gasteiger partial charge on any atom is -0.301 e. The predicted octanol–water partition coefficient (Wildman–Crippen LogP) is 4.62. The Morgan fingerprint density at radius 2 is 1.97 bits per heavy atom. The molecule has 1 amide bonds. The largest absolute Gasteiger partial charge is 0.301 e. The second kappa shape index (κ2) is 9.29. The van der Waals surface area contributed by atoms with E-state index in [1.807, 2.05) is 36.8 Å². The highest BCUT2D eigenvalue weighted by Crippen LogP contribution is 2.34. The Kier molecular flexibility index (Phi) is 6.21. The molecule has 34 heavy (non-hydrogen) atoms. The van der Waals surface area contributed by atoms with Gasteiger partial charge in [-0.1, -0.05) is 19.1 Å². The van der Waals surface area contributed by atoms with Gasteiger partial charge in [0.2, 0.25) is 0 Å². The maximum atomic E-state index is 13.5. The van der Waals surface area contributed by atoms with E-state index in [2.05, 4.69) is 35.0 Å². The fourth-order valence-electron chi connectivity index (χ4n) is 5.26. The molecule has 178 valence electrons. The van der Waals surface area contributed by atoms with Crippen LogP contribution in [0.5, 0.6) is 0 Å². The molecule has 2 aromatic rings. The van der Waals surface area contributed by atoms with E-state index in [4.69, 9.17) is 5.10 Å². The van der Waals surface area contributed by atoms with Crippen LogP contribution in [0.15, 0.2) is 54.0 Å². The number of rotatable bonds is 4. The summed E-state index contributed by atoms with van der Waals surface area (Å²) >= 11 is 0. The number of amides is 1. The summed E-state index contributed by atoms with van der Waals surface area (Å²) < 4.78 is 14.5. The molecule has 1 unspecified atom stereocenters. The third kappa shape index (κ3) is 4.37. The lowest BCUT2D eigenvalue weighted by molar-refractivity contribution is -0.122. The standard InChI is InChI=1S/C27H32FN5O/c1-18-4-6-23-7-5-22(21-8-11-31(12-9-21)13-10-28)17-32(23)27(34)14-24(18)25-15-26-20(3)29-19(2)16-33(26)30-25/h5-7,14-18,21H,4,8-13H2,1-3H3. The van der Waals surface area contributed by atoms with Crippen molar-refractivity contribution in [3.63, 3.8) is 0 Å². The number of piperidine rings is 1. The number of aromatic nitrogens is 3. The first-order valence-corrected chi connectivity index (χ1v) is 12.2. The molecule has 0 aliphatic carbocycles. The highest BCUT2D eigenvalue weighted by atomic mass is 19.1. The lowest BCUT2D eigenvalue weighted by Gasteiger charge is -2.34. The average molecular weight is 462 g/mol. The smallest absolute Gasteiger partial charge is 0.255 e. The Morgan fingerprint density at radius 3 is 2.74 bits per heavy atom. The van der Waals surface area contributed by atoms with Crippen molar-refractivity contribution in [1.29, 1.82) is 0 Å². The topological polar surface area (TPSA) is 53.7 Å². The van der Waals surface area contributed by atoms with Crippen molar-refractivity contribution in [2.75, 3.05) is 26.3 Å². The van der Waals surface area contributed by atoms with Gasteiger partial charge in [0, 0.05) is 24.5 Å². The number of hydrogen-bond acceptors (Lipinski definition) is 4. The number of likely N-dealkylation sites (tertiary alicyclic amines) is 1. The number of fused-ring (bicyclic) bond motifs is 2. The summed E-state index contributed by atoms with van der Waals surface area (Å²) in [7, 11) is 0. The van der Waals surface area contributed by atoms with Gasteiger partial charge in [0.1, 0.15) is 6.67 Å². The van der Waals surface area contributed by atoms with Gasteiger partial charge in [0.15, 0.2) is 0 Å². The van der Waals surface area contributed by atoms with Crippen LogP contribution in [0.4, 0.5) is 4.39 Å². The Balaban J connectivity index is 1.42. The van der Waals surface area contributed by atoms with Gasteiger partial charge < -0.3 is 4.90 Å². The van der Waals surface area contributed by atoms with Gasteiger partial charge in [-0.3, -0.25) is 14.7 Å². The van der Waals surface area contributed by atoms with Crippen LogP contribution in [0.1, 0.15) is 43.3 Å². The molecule has 1 atom stereocenters. The van der Waals surface area contributed by atoms with Crippen LogP contribution in [-0.2, 0) is 4.79 Å². The summed E-state index contributed by atoms with van der Waals surface area (Å²) in [6.07, 6.45) is 14.9. The van der Waals surface area contributed by atoms with Gasteiger partial charge in [-0.05, 0) is 81.3 Å². The number of alkyl halides is 1. The molecule has 0 N–H and O–H groups in total. The molecule has 2 aromatic heterocycles. The first-order valence-electron chi connectivity index (χ1n) is 12.2. The lowest BCUT2D eigenvalue weighted by atomic mass is 9.87. The van der Waals surface area contributed by atoms with Crippen molar-refractivity contribution in [1.82, 2.24) is 24.4 Å². The van der Waals surface area contributed by atoms with Crippen molar-refractivity contribution in [2.45, 2.75) is 40.0 Å². The lowest BCUT2D eigenvalue weighted by Crippen LogP contribution is -2.36. The number of carbonyl (C=O) groups excluding carboxylic acids is 1. The highest BCUT2D eigenvalue weighted by Gasteiger charge is 2.27. The molecule has 0 aromatic carbocycles. The first kappa shape index (κ1) is 22.7. The highest BCUT2D eigenvalue weighted by molar-refractivity contribution is 5.98. The third-order valence-electron chi connectivity index (χ3n) is 7.25. The van der Waals surface area contributed by atoms with Crippen LogP contribution in [0.25, 0.3) is 11.1 Å². The molecule has 3 aliphatic rings. The number of hydrogen-bond donors (Lipinski definition) is 0. The van der Waals surface area contributed by atoms with E-state index in [-0.39, 0.29) is 18.5 Å². The fraction of sp³-hybridized carbons (Fsp3) is 0.444. The van der Waals surface area contributed by atoms with Crippen molar-refractivity contribution in [3.8, 4) is 0 Å². The molecular formula is C27H32FN5O. The Hall–Kier alpha value is -3.06. The number of halogens is 1. The summed E-state index contributed by atoms with van der Waals surface area (Å²) in [6.45, 7) is 8.12. The number of aryl methyl sites for hydroxylation is 2. The Labute approximate surface area is 200 Å². The molecule has 0 radical (unpaired) electrons. The summed E-state index contributed by atoms with van der Waals surface area (Å²) in [6, 6.07) is 2.03. The van der Waals surface area contributed by atoms with E-state index in [1.165, 1.54) is 5.57 Å². The van der Waals surface area contributed by atoms with Gasteiger partial charge in [0.05, 0.1) is 28.8 Å².